The zero-order chi connectivity index (χ0) is 12.2. The Morgan fingerprint density at radius 2 is 2.06 bits per heavy atom. The number of benzene rings is 1. The molecule has 1 aromatic carbocycles. The molecule has 1 atom stereocenters. The zero-order valence-electron chi connectivity index (χ0n) is 8.99. The van der Waals surface area contributed by atoms with Crippen LogP contribution in [0.2, 0.25) is 0 Å². The van der Waals surface area contributed by atoms with E-state index in [1.807, 2.05) is 0 Å². The van der Waals surface area contributed by atoms with Gasteiger partial charge in [-0.2, -0.15) is 0 Å². The maximum absolute atomic E-state index is 13.2. The Hall–Kier alpha value is -1.20. The molecule has 0 aliphatic rings. The molecule has 0 saturated heterocycles. The van der Waals surface area contributed by atoms with E-state index in [4.69, 9.17) is 15.6 Å². The number of ether oxygens (including phenoxy) is 1. The number of halogens is 2. The van der Waals surface area contributed by atoms with Gasteiger partial charge in [-0.05, 0) is 13.0 Å². The van der Waals surface area contributed by atoms with Crippen molar-refractivity contribution in [3.8, 4) is 5.75 Å². The second kappa shape index (κ2) is 5.23. The summed E-state index contributed by atoms with van der Waals surface area (Å²) in [5.41, 5.74) is 5.62. The van der Waals surface area contributed by atoms with Gasteiger partial charge in [0.25, 0.3) is 5.92 Å². The van der Waals surface area contributed by atoms with Gasteiger partial charge in [0.1, 0.15) is 18.4 Å². The molecule has 3 nitrogen and oxygen atoms in total. The molecule has 0 spiro atoms. The number of hydrogen-bond acceptors (Lipinski definition) is 3. The van der Waals surface area contributed by atoms with Gasteiger partial charge in [0.15, 0.2) is 0 Å². The minimum Gasteiger partial charge on any atom is -0.494 e. The lowest BCUT2D eigenvalue weighted by atomic mass is 10.0. The van der Waals surface area contributed by atoms with Crippen molar-refractivity contribution in [2.45, 2.75) is 18.9 Å². The molecule has 0 radical (unpaired) electrons. The van der Waals surface area contributed by atoms with Crippen molar-refractivity contribution < 1.29 is 18.6 Å². The number of nitrogens with two attached hydrogens (primary N) is 1. The minimum atomic E-state index is -3.35. The van der Waals surface area contributed by atoms with Crippen molar-refractivity contribution in [3.63, 3.8) is 0 Å². The lowest BCUT2D eigenvalue weighted by Crippen LogP contribution is -2.36. The van der Waals surface area contributed by atoms with Crippen LogP contribution in [-0.4, -0.2) is 24.2 Å². The van der Waals surface area contributed by atoms with E-state index < -0.39 is 18.6 Å². The predicted octanol–water partition coefficient (Wildman–Crippen LogP) is 1.71. The molecule has 3 N–H and O–H groups in total. The van der Waals surface area contributed by atoms with Gasteiger partial charge < -0.3 is 15.6 Å². The highest BCUT2D eigenvalue weighted by Gasteiger charge is 2.38. The van der Waals surface area contributed by atoms with Gasteiger partial charge in [0.05, 0.1) is 6.61 Å². The first-order valence-electron chi connectivity index (χ1n) is 4.99. The van der Waals surface area contributed by atoms with Gasteiger partial charge >= 0.3 is 0 Å². The minimum absolute atomic E-state index is 0.198. The van der Waals surface area contributed by atoms with Crippen LogP contribution in [0.5, 0.6) is 5.75 Å². The fraction of sp³-hybridized carbons (Fsp3) is 0.455. The largest absolute Gasteiger partial charge is 0.494 e. The van der Waals surface area contributed by atoms with Crippen LogP contribution in [-0.2, 0) is 0 Å². The van der Waals surface area contributed by atoms with Crippen LogP contribution in [0.4, 0.5) is 8.78 Å². The third kappa shape index (κ3) is 2.68. The highest BCUT2D eigenvalue weighted by molar-refractivity contribution is 5.36. The van der Waals surface area contributed by atoms with Crippen LogP contribution in [0.3, 0.4) is 0 Å². The zero-order valence-corrected chi connectivity index (χ0v) is 8.99. The highest BCUT2D eigenvalue weighted by atomic mass is 19.3. The Kier molecular flexibility index (Phi) is 4.20. The van der Waals surface area contributed by atoms with E-state index in [1.54, 1.807) is 25.1 Å². The smallest absolute Gasteiger partial charge is 0.289 e. The predicted molar refractivity (Wildman–Crippen MR) is 56.6 cm³/mol. The fourth-order valence-corrected chi connectivity index (χ4v) is 1.35. The molecule has 0 bridgehead atoms. The van der Waals surface area contributed by atoms with Crippen LogP contribution < -0.4 is 10.5 Å². The Bertz CT molecular complexity index is 345. The fourth-order valence-electron chi connectivity index (χ4n) is 1.35. The molecule has 16 heavy (non-hydrogen) atoms. The molecule has 0 aliphatic heterocycles. The molecule has 0 unspecified atom stereocenters. The van der Waals surface area contributed by atoms with Crippen LogP contribution in [0, 0.1) is 0 Å². The lowest BCUT2D eigenvalue weighted by Gasteiger charge is -2.23. The van der Waals surface area contributed by atoms with Gasteiger partial charge in [0, 0.05) is 5.56 Å². The highest BCUT2D eigenvalue weighted by Crippen LogP contribution is 2.33. The monoisotopic (exact) mass is 231 g/mol. The summed E-state index contributed by atoms with van der Waals surface area (Å²) in [6.45, 7) is 0.843. The second-order valence-electron chi connectivity index (χ2n) is 3.37. The van der Waals surface area contributed by atoms with Crippen molar-refractivity contribution in [2.75, 3.05) is 13.2 Å². The Morgan fingerprint density at radius 1 is 1.44 bits per heavy atom. The molecule has 0 saturated carbocycles. The number of aliphatic hydroxyl groups is 1. The van der Waals surface area contributed by atoms with Crippen LogP contribution in [0.1, 0.15) is 18.5 Å². The maximum Gasteiger partial charge on any atom is 0.289 e. The van der Waals surface area contributed by atoms with Crippen molar-refractivity contribution in [1.82, 2.24) is 0 Å². The first kappa shape index (κ1) is 12.9. The summed E-state index contributed by atoms with van der Waals surface area (Å²) in [4.78, 5) is 0. The number of para-hydroxylation sites is 1. The molecule has 0 fully saturated rings. The second-order valence-corrected chi connectivity index (χ2v) is 3.37. The van der Waals surface area contributed by atoms with Gasteiger partial charge in [-0.3, -0.25) is 0 Å². The average Bonchev–Trinajstić information content (AvgIpc) is 2.29. The molecule has 0 aromatic heterocycles. The van der Waals surface area contributed by atoms with Crippen LogP contribution in [0.15, 0.2) is 24.3 Å². The molecular weight excluding hydrogens is 216 g/mol. The summed E-state index contributed by atoms with van der Waals surface area (Å²) < 4.78 is 31.6. The first-order valence-corrected chi connectivity index (χ1v) is 4.99. The molecule has 1 aromatic rings. The molecular formula is C11H15F2NO2. The number of hydrogen-bond donors (Lipinski definition) is 2. The van der Waals surface area contributed by atoms with Crippen molar-refractivity contribution in [1.29, 1.82) is 0 Å². The first-order chi connectivity index (χ1) is 7.53. The summed E-state index contributed by atoms with van der Waals surface area (Å²) in [6.07, 6.45) is 0. The number of alkyl halides is 2. The van der Waals surface area contributed by atoms with Gasteiger partial charge in [-0.1, -0.05) is 18.2 Å². The van der Waals surface area contributed by atoms with Gasteiger partial charge in [-0.25, -0.2) is 8.78 Å². The standard InChI is InChI=1S/C11H15F2NO2/c1-2-16-9-6-4-3-5-8(9)10(14)11(12,13)7-15/h3-6,10,15H,2,7,14H2,1H3/t10-/m1/s1. The van der Waals surface area contributed by atoms with E-state index in [0.717, 1.165) is 0 Å². The van der Waals surface area contributed by atoms with E-state index in [-0.39, 0.29) is 5.56 Å². The summed E-state index contributed by atoms with van der Waals surface area (Å²) >= 11 is 0. The van der Waals surface area contributed by atoms with Crippen LogP contribution in [0.25, 0.3) is 0 Å². The van der Waals surface area contributed by atoms with Gasteiger partial charge in [0.2, 0.25) is 0 Å². The SMILES string of the molecule is CCOc1ccccc1[C@@H](N)C(F)(F)CO. The van der Waals surface area contributed by atoms with E-state index in [1.165, 1.54) is 6.07 Å². The molecule has 0 amide bonds. The van der Waals surface area contributed by atoms with E-state index in [9.17, 15) is 8.78 Å². The average molecular weight is 231 g/mol. The molecule has 1 rings (SSSR count). The lowest BCUT2D eigenvalue weighted by molar-refractivity contribution is -0.0716. The number of aliphatic hydroxyl groups excluding tert-OH is 1. The summed E-state index contributed by atoms with van der Waals surface area (Å²) in [7, 11) is 0. The Balaban J connectivity index is 3.02. The van der Waals surface area contributed by atoms with Crippen molar-refractivity contribution >= 4 is 0 Å². The molecule has 5 heteroatoms. The summed E-state index contributed by atoms with van der Waals surface area (Å²) in [5, 5.41) is 8.58. The maximum atomic E-state index is 13.2. The normalized spacial score (nSPS) is 13.6. The van der Waals surface area contributed by atoms with Gasteiger partial charge in [-0.15, -0.1) is 0 Å². The third-order valence-corrected chi connectivity index (χ3v) is 2.22. The van der Waals surface area contributed by atoms with E-state index >= 15 is 0 Å². The van der Waals surface area contributed by atoms with Crippen molar-refractivity contribution in [2.24, 2.45) is 5.73 Å². The van der Waals surface area contributed by atoms with E-state index in [0.29, 0.717) is 12.4 Å². The topological polar surface area (TPSA) is 55.5 Å². The summed E-state index contributed by atoms with van der Waals surface area (Å²) in [5.74, 6) is -3.03. The molecule has 0 heterocycles. The van der Waals surface area contributed by atoms with Crippen LogP contribution >= 0.6 is 0 Å². The molecule has 0 aliphatic carbocycles. The Morgan fingerprint density at radius 3 is 2.62 bits per heavy atom. The third-order valence-electron chi connectivity index (χ3n) is 2.22. The summed E-state index contributed by atoms with van der Waals surface area (Å²) in [6, 6.07) is 4.76. The van der Waals surface area contributed by atoms with E-state index in [2.05, 4.69) is 0 Å². The molecule has 90 valence electrons. The number of rotatable bonds is 5. The quantitative estimate of drug-likeness (QED) is 0.811. The Labute approximate surface area is 92.8 Å². The van der Waals surface area contributed by atoms with Crippen molar-refractivity contribution in [3.05, 3.63) is 29.8 Å².